The maximum Gasteiger partial charge on any atom is 0.275 e. The predicted octanol–water partition coefficient (Wildman–Crippen LogP) is 3.73. The minimum Gasteiger partial charge on any atom is -0.467 e. The Bertz CT molecular complexity index is 384. The SMILES string of the molecule is O=C(N(C/C=C\Cl)Cc1ccco1)C(Cl)(Cl)Cl. The van der Waals surface area contributed by atoms with Gasteiger partial charge >= 0.3 is 0 Å². The van der Waals surface area contributed by atoms with Crippen LogP contribution in [-0.4, -0.2) is 21.1 Å². The van der Waals surface area contributed by atoms with Crippen LogP contribution in [0, 0.1) is 0 Å². The van der Waals surface area contributed by atoms with Crippen LogP contribution in [0.2, 0.25) is 0 Å². The van der Waals surface area contributed by atoms with E-state index >= 15 is 0 Å². The van der Waals surface area contributed by atoms with Crippen LogP contribution in [0.15, 0.2) is 34.4 Å². The second-order valence-electron chi connectivity index (χ2n) is 3.12. The standard InChI is InChI=1S/C10H9Cl4NO2/c11-4-2-5-15(9(16)10(12,13)14)7-8-3-1-6-17-8/h1-4,6H,5,7H2/b4-2-. The molecule has 1 rings (SSSR count). The van der Waals surface area contributed by atoms with Gasteiger partial charge in [0.2, 0.25) is 0 Å². The summed E-state index contributed by atoms with van der Waals surface area (Å²) in [7, 11) is 0. The molecule has 1 aromatic heterocycles. The monoisotopic (exact) mass is 315 g/mol. The van der Waals surface area contributed by atoms with E-state index in [9.17, 15) is 4.79 Å². The van der Waals surface area contributed by atoms with Gasteiger partial charge in [0.05, 0.1) is 12.8 Å². The molecular weight excluding hydrogens is 308 g/mol. The number of carbonyl (C=O) groups is 1. The zero-order valence-electron chi connectivity index (χ0n) is 8.58. The summed E-state index contributed by atoms with van der Waals surface area (Å²) in [5.41, 5.74) is 1.29. The van der Waals surface area contributed by atoms with E-state index in [0.717, 1.165) is 0 Å². The molecule has 0 aliphatic heterocycles. The first kappa shape index (κ1) is 14.7. The number of hydrogen-bond acceptors (Lipinski definition) is 2. The fraction of sp³-hybridized carbons (Fsp3) is 0.300. The smallest absolute Gasteiger partial charge is 0.275 e. The van der Waals surface area contributed by atoms with Crippen molar-refractivity contribution in [1.29, 1.82) is 0 Å². The number of carbonyl (C=O) groups excluding carboxylic acids is 1. The van der Waals surface area contributed by atoms with E-state index in [-0.39, 0.29) is 13.1 Å². The van der Waals surface area contributed by atoms with Crippen LogP contribution in [0.5, 0.6) is 0 Å². The van der Waals surface area contributed by atoms with Crippen molar-refractivity contribution in [1.82, 2.24) is 4.90 Å². The lowest BCUT2D eigenvalue weighted by atomic mass is 10.3. The molecule has 94 valence electrons. The summed E-state index contributed by atoms with van der Waals surface area (Å²) in [5, 5.41) is 0. The van der Waals surface area contributed by atoms with Crippen molar-refractivity contribution in [2.45, 2.75) is 10.3 Å². The summed E-state index contributed by atoms with van der Waals surface area (Å²) < 4.78 is 3.13. The Morgan fingerprint density at radius 1 is 1.47 bits per heavy atom. The molecule has 0 spiro atoms. The molecule has 0 bridgehead atoms. The highest BCUT2D eigenvalue weighted by molar-refractivity contribution is 6.76. The molecule has 17 heavy (non-hydrogen) atoms. The molecule has 0 N–H and O–H groups in total. The molecule has 3 nitrogen and oxygen atoms in total. The Morgan fingerprint density at radius 2 is 2.18 bits per heavy atom. The number of hydrogen-bond donors (Lipinski definition) is 0. The van der Waals surface area contributed by atoms with Crippen molar-refractivity contribution >= 4 is 52.3 Å². The summed E-state index contributed by atoms with van der Waals surface area (Å²) in [5.74, 6) is -0.0377. The summed E-state index contributed by atoms with van der Waals surface area (Å²) >= 11 is 22.1. The van der Waals surface area contributed by atoms with E-state index in [1.54, 1.807) is 18.2 Å². The van der Waals surface area contributed by atoms with E-state index in [1.165, 1.54) is 16.7 Å². The van der Waals surface area contributed by atoms with E-state index in [4.69, 9.17) is 50.8 Å². The third kappa shape index (κ3) is 4.80. The van der Waals surface area contributed by atoms with Gasteiger partial charge in [0, 0.05) is 12.1 Å². The number of furan rings is 1. The minimum atomic E-state index is -1.99. The molecule has 0 aromatic carbocycles. The molecule has 1 aromatic rings. The van der Waals surface area contributed by atoms with Crippen LogP contribution in [0.1, 0.15) is 5.76 Å². The Kier molecular flexibility index (Phi) is 5.67. The van der Waals surface area contributed by atoms with Crippen LogP contribution in [0.4, 0.5) is 0 Å². The van der Waals surface area contributed by atoms with Gasteiger partial charge in [-0.2, -0.15) is 0 Å². The number of halogens is 4. The van der Waals surface area contributed by atoms with Crippen molar-refractivity contribution in [3.63, 3.8) is 0 Å². The lowest BCUT2D eigenvalue weighted by Gasteiger charge is -2.23. The van der Waals surface area contributed by atoms with Gasteiger partial charge in [0.1, 0.15) is 5.76 Å². The third-order valence-corrected chi connectivity index (χ3v) is 2.53. The molecule has 0 saturated heterocycles. The van der Waals surface area contributed by atoms with Gasteiger partial charge < -0.3 is 9.32 Å². The second kappa shape index (κ2) is 6.55. The Balaban J connectivity index is 2.77. The van der Waals surface area contributed by atoms with Gasteiger partial charge in [-0.25, -0.2) is 0 Å². The maximum atomic E-state index is 11.8. The summed E-state index contributed by atoms with van der Waals surface area (Å²) in [6.07, 6.45) is 3.07. The number of rotatable bonds is 4. The molecule has 1 amide bonds. The van der Waals surface area contributed by atoms with Crippen molar-refractivity contribution in [3.8, 4) is 0 Å². The molecule has 7 heteroatoms. The van der Waals surface area contributed by atoms with E-state index in [0.29, 0.717) is 5.76 Å². The first-order chi connectivity index (χ1) is 7.95. The van der Waals surface area contributed by atoms with Gasteiger partial charge in [-0.05, 0) is 12.1 Å². The Morgan fingerprint density at radius 3 is 2.65 bits per heavy atom. The third-order valence-electron chi connectivity index (χ3n) is 1.87. The molecule has 0 fully saturated rings. The summed E-state index contributed by atoms with van der Waals surface area (Å²) in [6, 6.07) is 3.44. The fourth-order valence-electron chi connectivity index (χ4n) is 1.16. The lowest BCUT2D eigenvalue weighted by molar-refractivity contribution is -0.130. The van der Waals surface area contributed by atoms with Crippen molar-refractivity contribution < 1.29 is 9.21 Å². The van der Waals surface area contributed by atoms with Gasteiger partial charge in [-0.1, -0.05) is 52.5 Å². The molecule has 0 unspecified atom stereocenters. The topological polar surface area (TPSA) is 33.5 Å². The van der Waals surface area contributed by atoms with E-state index in [1.807, 2.05) is 0 Å². The highest BCUT2D eigenvalue weighted by Gasteiger charge is 2.35. The van der Waals surface area contributed by atoms with Gasteiger partial charge in [0.15, 0.2) is 0 Å². The van der Waals surface area contributed by atoms with Gasteiger partial charge in [0.25, 0.3) is 9.70 Å². The number of alkyl halides is 3. The molecule has 0 atom stereocenters. The largest absolute Gasteiger partial charge is 0.467 e. The lowest BCUT2D eigenvalue weighted by Crippen LogP contribution is -2.39. The zero-order valence-corrected chi connectivity index (χ0v) is 11.6. The minimum absolute atomic E-state index is 0.209. The maximum absolute atomic E-state index is 11.8. The van der Waals surface area contributed by atoms with Crippen molar-refractivity contribution in [2.75, 3.05) is 6.54 Å². The normalized spacial score (nSPS) is 12.0. The van der Waals surface area contributed by atoms with E-state index in [2.05, 4.69) is 0 Å². The summed E-state index contributed by atoms with van der Waals surface area (Å²) in [4.78, 5) is 13.1. The zero-order chi connectivity index (χ0) is 12.9. The van der Waals surface area contributed by atoms with Gasteiger partial charge in [-0.15, -0.1) is 0 Å². The molecular formula is C10H9Cl4NO2. The molecule has 0 saturated carbocycles. The van der Waals surface area contributed by atoms with Crippen LogP contribution >= 0.6 is 46.4 Å². The van der Waals surface area contributed by atoms with Crippen LogP contribution in [-0.2, 0) is 11.3 Å². The average Bonchev–Trinajstić information content (AvgIpc) is 2.74. The predicted molar refractivity (Wildman–Crippen MR) is 69.4 cm³/mol. The number of nitrogens with zero attached hydrogens (tertiary/aromatic N) is 1. The second-order valence-corrected chi connectivity index (χ2v) is 5.66. The Labute approximate surface area is 119 Å². The average molecular weight is 317 g/mol. The van der Waals surface area contributed by atoms with E-state index < -0.39 is 9.70 Å². The highest BCUT2D eigenvalue weighted by Crippen LogP contribution is 2.29. The molecule has 0 aliphatic carbocycles. The fourth-order valence-corrected chi connectivity index (χ4v) is 1.59. The van der Waals surface area contributed by atoms with Crippen LogP contribution in [0.25, 0.3) is 0 Å². The van der Waals surface area contributed by atoms with Gasteiger partial charge in [-0.3, -0.25) is 4.79 Å². The molecule has 0 aliphatic rings. The highest BCUT2D eigenvalue weighted by atomic mass is 35.6. The van der Waals surface area contributed by atoms with Crippen molar-refractivity contribution in [2.24, 2.45) is 0 Å². The summed E-state index contributed by atoms with van der Waals surface area (Å²) in [6.45, 7) is 0.442. The first-order valence-electron chi connectivity index (χ1n) is 4.59. The first-order valence-corrected chi connectivity index (χ1v) is 6.16. The van der Waals surface area contributed by atoms with Crippen LogP contribution in [0.3, 0.4) is 0 Å². The van der Waals surface area contributed by atoms with Crippen LogP contribution < -0.4 is 0 Å². The molecule has 0 radical (unpaired) electrons. The quantitative estimate of drug-likeness (QED) is 0.793. The number of amides is 1. The van der Waals surface area contributed by atoms with Crippen molar-refractivity contribution in [3.05, 3.63) is 35.8 Å². The molecule has 1 heterocycles. The Hall–Kier alpha value is -0.350.